The standard InChI is InChI=1S/C18H15NO4S/c1-11-3-4-12(2)19(11)17-14(7-8-24-17)18(20)23-13-5-6-15-16(9-13)22-10-21-15/h3-9H,10H2,1-2H3. The van der Waals surface area contributed by atoms with Crippen LogP contribution >= 0.6 is 11.3 Å². The van der Waals surface area contributed by atoms with E-state index in [1.807, 2.05) is 31.4 Å². The molecule has 1 aliphatic heterocycles. The van der Waals surface area contributed by atoms with Gasteiger partial charge in [-0.2, -0.15) is 0 Å². The lowest BCUT2D eigenvalue weighted by Gasteiger charge is -2.10. The van der Waals surface area contributed by atoms with Crippen molar-refractivity contribution in [2.75, 3.05) is 6.79 Å². The van der Waals surface area contributed by atoms with Crippen LogP contribution in [0, 0.1) is 13.8 Å². The highest BCUT2D eigenvalue weighted by atomic mass is 32.1. The van der Waals surface area contributed by atoms with Gasteiger partial charge < -0.3 is 18.8 Å². The average Bonchev–Trinajstić information content (AvgIpc) is 3.27. The second kappa shape index (κ2) is 5.72. The van der Waals surface area contributed by atoms with Gasteiger partial charge >= 0.3 is 5.97 Å². The SMILES string of the molecule is Cc1ccc(C)n1-c1sccc1C(=O)Oc1ccc2c(c1)OCO2. The van der Waals surface area contributed by atoms with Crippen molar-refractivity contribution < 1.29 is 19.0 Å². The fourth-order valence-corrected chi connectivity index (χ4v) is 3.73. The summed E-state index contributed by atoms with van der Waals surface area (Å²) in [5.74, 6) is 1.28. The highest BCUT2D eigenvalue weighted by Gasteiger charge is 2.20. The van der Waals surface area contributed by atoms with E-state index in [-0.39, 0.29) is 6.79 Å². The van der Waals surface area contributed by atoms with E-state index in [0.29, 0.717) is 22.8 Å². The summed E-state index contributed by atoms with van der Waals surface area (Å²) >= 11 is 1.51. The van der Waals surface area contributed by atoms with Crippen LogP contribution in [0.4, 0.5) is 0 Å². The van der Waals surface area contributed by atoms with E-state index in [9.17, 15) is 4.79 Å². The minimum atomic E-state index is -0.391. The third kappa shape index (κ3) is 2.45. The van der Waals surface area contributed by atoms with Crippen molar-refractivity contribution in [2.45, 2.75) is 13.8 Å². The molecule has 0 bridgehead atoms. The van der Waals surface area contributed by atoms with E-state index in [2.05, 4.69) is 4.57 Å². The number of nitrogens with zero attached hydrogens (tertiary/aromatic N) is 1. The molecule has 1 aromatic carbocycles. The molecule has 0 saturated carbocycles. The second-order valence-corrected chi connectivity index (χ2v) is 6.39. The molecule has 24 heavy (non-hydrogen) atoms. The van der Waals surface area contributed by atoms with Crippen molar-refractivity contribution in [3.05, 3.63) is 58.7 Å². The van der Waals surface area contributed by atoms with Crippen molar-refractivity contribution in [3.8, 4) is 22.2 Å². The van der Waals surface area contributed by atoms with E-state index in [1.165, 1.54) is 11.3 Å². The summed E-state index contributed by atoms with van der Waals surface area (Å²) in [6.45, 7) is 4.22. The molecule has 0 radical (unpaired) electrons. The first kappa shape index (κ1) is 14.8. The molecular weight excluding hydrogens is 326 g/mol. The van der Waals surface area contributed by atoms with Gasteiger partial charge in [0.05, 0.1) is 5.56 Å². The number of carbonyl (C=O) groups is 1. The number of hydrogen-bond donors (Lipinski definition) is 0. The third-order valence-electron chi connectivity index (χ3n) is 3.89. The summed E-state index contributed by atoms with van der Waals surface area (Å²) in [7, 11) is 0. The molecule has 0 unspecified atom stereocenters. The molecule has 122 valence electrons. The van der Waals surface area contributed by atoms with E-state index >= 15 is 0 Å². The number of ether oxygens (including phenoxy) is 3. The molecule has 3 heterocycles. The van der Waals surface area contributed by atoms with E-state index in [1.54, 1.807) is 24.3 Å². The Kier molecular flexibility index (Phi) is 3.54. The summed E-state index contributed by atoms with van der Waals surface area (Å²) in [4.78, 5) is 12.6. The van der Waals surface area contributed by atoms with Crippen LogP contribution in [0.3, 0.4) is 0 Å². The smallest absolute Gasteiger partial charge is 0.346 e. The van der Waals surface area contributed by atoms with Gasteiger partial charge in [0.1, 0.15) is 10.8 Å². The first-order valence-electron chi connectivity index (χ1n) is 7.48. The zero-order chi connectivity index (χ0) is 16.7. The highest BCUT2D eigenvalue weighted by Crippen LogP contribution is 2.35. The molecule has 0 spiro atoms. The topological polar surface area (TPSA) is 49.7 Å². The van der Waals surface area contributed by atoms with Gasteiger partial charge in [-0.05, 0) is 49.6 Å². The molecule has 0 saturated heterocycles. The van der Waals surface area contributed by atoms with Crippen molar-refractivity contribution in [2.24, 2.45) is 0 Å². The Morgan fingerprint density at radius 3 is 2.62 bits per heavy atom. The largest absolute Gasteiger partial charge is 0.454 e. The minimum Gasteiger partial charge on any atom is -0.454 e. The number of benzene rings is 1. The Morgan fingerprint density at radius 2 is 1.83 bits per heavy atom. The van der Waals surface area contributed by atoms with E-state index in [0.717, 1.165) is 16.4 Å². The number of hydrogen-bond acceptors (Lipinski definition) is 5. The predicted octanol–water partition coefficient (Wildman–Crippen LogP) is 4.10. The number of fused-ring (bicyclic) bond motifs is 1. The molecule has 1 aliphatic rings. The lowest BCUT2D eigenvalue weighted by atomic mass is 10.3. The fourth-order valence-electron chi connectivity index (χ4n) is 2.72. The summed E-state index contributed by atoms with van der Waals surface area (Å²) in [5.41, 5.74) is 2.69. The predicted molar refractivity (Wildman–Crippen MR) is 90.6 cm³/mol. The Balaban J connectivity index is 1.63. The van der Waals surface area contributed by atoms with Crippen LogP contribution < -0.4 is 14.2 Å². The second-order valence-electron chi connectivity index (χ2n) is 5.50. The molecule has 5 nitrogen and oxygen atoms in total. The fraction of sp³-hybridized carbons (Fsp3) is 0.167. The maximum Gasteiger partial charge on any atom is 0.346 e. The Hall–Kier alpha value is -2.73. The van der Waals surface area contributed by atoms with Crippen LogP contribution in [-0.2, 0) is 0 Å². The van der Waals surface area contributed by atoms with Gasteiger partial charge in [-0.1, -0.05) is 0 Å². The quantitative estimate of drug-likeness (QED) is 0.531. The first-order valence-corrected chi connectivity index (χ1v) is 8.36. The highest BCUT2D eigenvalue weighted by molar-refractivity contribution is 7.13. The normalized spacial score (nSPS) is 12.4. The number of esters is 1. The van der Waals surface area contributed by atoms with E-state index in [4.69, 9.17) is 14.2 Å². The van der Waals surface area contributed by atoms with Gasteiger partial charge in [-0.25, -0.2) is 4.79 Å². The van der Waals surface area contributed by atoms with Crippen LogP contribution in [0.1, 0.15) is 21.7 Å². The van der Waals surface area contributed by atoms with Crippen LogP contribution in [0.5, 0.6) is 17.2 Å². The molecule has 3 aromatic rings. The lowest BCUT2D eigenvalue weighted by Crippen LogP contribution is -2.11. The summed E-state index contributed by atoms with van der Waals surface area (Å²) in [6, 6.07) is 10.9. The molecule has 4 rings (SSSR count). The Labute approximate surface area is 143 Å². The number of rotatable bonds is 3. The molecule has 0 fully saturated rings. The van der Waals surface area contributed by atoms with Crippen molar-refractivity contribution in [1.82, 2.24) is 4.57 Å². The molecular formula is C18H15NO4S. The van der Waals surface area contributed by atoms with Gasteiger partial charge in [-0.3, -0.25) is 0 Å². The lowest BCUT2D eigenvalue weighted by molar-refractivity contribution is 0.0735. The molecule has 6 heteroatoms. The minimum absolute atomic E-state index is 0.188. The van der Waals surface area contributed by atoms with Crippen molar-refractivity contribution in [1.29, 1.82) is 0 Å². The molecule has 2 aromatic heterocycles. The number of aromatic nitrogens is 1. The molecule has 0 atom stereocenters. The van der Waals surface area contributed by atoms with Crippen molar-refractivity contribution in [3.63, 3.8) is 0 Å². The monoisotopic (exact) mass is 341 g/mol. The maximum absolute atomic E-state index is 12.6. The van der Waals surface area contributed by atoms with Gasteiger partial charge in [-0.15, -0.1) is 11.3 Å². The van der Waals surface area contributed by atoms with Gasteiger partial charge in [0.15, 0.2) is 11.5 Å². The number of thiophene rings is 1. The number of carbonyl (C=O) groups excluding carboxylic acids is 1. The summed E-state index contributed by atoms with van der Waals surface area (Å²) < 4.78 is 18.1. The summed E-state index contributed by atoms with van der Waals surface area (Å²) in [6.07, 6.45) is 0. The Morgan fingerprint density at radius 1 is 1.08 bits per heavy atom. The van der Waals surface area contributed by atoms with E-state index < -0.39 is 5.97 Å². The zero-order valence-electron chi connectivity index (χ0n) is 13.2. The van der Waals surface area contributed by atoms with Crippen LogP contribution in [0.2, 0.25) is 0 Å². The maximum atomic E-state index is 12.6. The molecule has 0 N–H and O–H groups in total. The Bertz CT molecular complexity index is 905. The van der Waals surface area contributed by atoms with Gasteiger partial charge in [0.25, 0.3) is 0 Å². The van der Waals surface area contributed by atoms with Gasteiger partial charge in [0, 0.05) is 17.5 Å². The van der Waals surface area contributed by atoms with Gasteiger partial charge in [0.2, 0.25) is 6.79 Å². The van der Waals surface area contributed by atoms with Crippen LogP contribution in [-0.4, -0.2) is 17.3 Å². The first-order chi connectivity index (χ1) is 11.6. The van der Waals surface area contributed by atoms with Crippen molar-refractivity contribution >= 4 is 17.3 Å². The average molecular weight is 341 g/mol. The van der Waals surface area contributed by atoms with Crippen LogP contribution in [0.25, 0.3) is 5.00 Å². The third-order valence-corrected chi connectivity index (χ3v) is 4.79. The summed E-state index contributed by atoms with van der Waals surface area (Å²) in [5, 5.41) is 2.76. The zero-order valence-corrected chi connectivity index (χ0v) is 14.1. The molecule has 0 aliphatic carbocycles. The molecule has 0 amide bonds. The van der Waals surface area contributed by atoms with Crippen LogP contribution in [0.15, 0.2) is 41.8 Å². The number of aryl methyl sites for hydroxylation is 2.